The molecule has 2 rings (SSSR count). The summed E-state index contributed by atoms with van der Waals surface area (Å²) >= 11 is 0. The van der Waals surface area contributed by atoms with E-state index in [-0.39, 0.29) is 6.54 Å². The molecule has 0 radical (unpaired) electrons. The van der Waals surface area contributed by atoms with Crippen LogP contribution in [0.1, 0.15) is 44.9 Å². The van der Waals surface area contributed by atoms with Gasteiger partial charge < -0.3 is 9.64 Å². The molecule has 0 aromatic rings. The Morgan fingerprint density at radius 3 is 2.35 bits per heavy atom. The van der Waals surface area contributed by atoms with Crippen molar-refractivity contribution in [2.45, 2.75) is 63.3 Å². The molecule has 0 bridgehead atoms. The molecular formula is C17H31F3N2O. The minimum Gasteiger partial charge on any atom is -0.381 e. The predicted octanol–water partition coefficient (Wildman–Crippen LogP) is 3.54. The van der Waals surface area contributed by atoms with E-state index >= 15 is 0 Å². The molecule has 0 amide bonds. The lowest BCUT2D eigenvalue weighted by Gasteiger charge is -2.40. The fourth-order valence-electron chi connectivity index (χ4n) is 3.91. The first-order valence-electron chi connectivity index (χ1n) is 8.92. The van der Waals surface area contributed by atoms with Gasteiger partial charge in [0.2, 0.25) is 0 Å². The number of nitrogens with zero attached hydrogens (tertiary/aromatic N) is 2. The van der Waals surface area contributed by atoms with Crippen molar-refractivity contribution < 1.29 is 17.9 Å². The Kier molecular flexibility index (Phi) is 7.17. The second kappa shape index (κ2) is 8.67. The Labute approximate surface area is 138 Å². The maximum absolute atomic E-state index is 13.0. The Balaban J connectivity index is 1.61. The molecule has 136 valence electrons. The van der Waals surface area contributed by atoms with Gasteiger partial charge in [-0.1, -0.05) is 12.8 Å². The van der Waals surface area contributed by atoms with Gasteiger partial charge in [0.15, 0.2) is 0 Å². The van der Waals surface area contributed by atoms with Gasteiger partial charge in [-0.3, -0.25) is 4.90 Å². The summed E-state index contributed by atoms with van der Waals surface area (Å²) in [4.78, 5) is 3.42. The summed E-state index contributed by atoms with van der Waals surface area (Å²) in [7, 11) is 3.36. The van der Waals surface area contributed by atoms with E-state index in [9.17, 15) is 13.2 Å². The molecule has 1 aliphatic heterocycles. The van der Waals surface area contributed by atoms with Crippen LogP contribution in [0.15, 0.2) is 0 Å². The van der Waals surface area contributed by atoms with Crippen LogP contribution >= 0.6 is 0 Å². The number of methoxy groups -OCH3 is 1. The zero-order valence-corrected chi connectivity index (χ0v) is 14.4. The third-order valence-corrected chi connectivity index (χ3v) is 5.57. The highest BCUT2D eigenvalue weighted by atomic mass is 19.4. The fraction of sp³-hybridized carbons (Fsp3) is 1.00. The molecule has 1 aliphatic carbocycles. The summed E-state index contributed by atoms with van der Waals surface area (Å²) in [5.41, 5.74) is 0. The van der Waals surface area contributed by atoms with Gasteiger partial charge in [-0.05, 0) is 51.6 Å². The average molecular weight is 336 g/mol. The number of unbranched alkanes of at least 4 members (excludes halogenated alkanes) is 1. The Morgan fingerprint density at radius 2 is 1.74 bits per heavy atom. The van der Waals surface area contributed by atoms with Crippen molar-refractivity contribution in [3.63, 3.8) is 0 Å². The first-order chi connectivity index (χ1) is 10.9. The van der Waals surface area contributed by atoms with Crippen molar-refractivity contribution >= 4 is 0 Å². The SMILES string of the molecule is COC1CCC(CCCCN2CCN(C)[C@@H](C(F)(F)F)C2)CC1. The molecule has 0 unspecified atom stereocenters. The first-order valence-corrected chi connectivity index (χ1v) is 8.92. The largest absolute Gasteiger partial charge is 0.405 e. The lowest BCUT2D eigenvalue weighted by molar-refractivity contribution is -0.193. The van der Waals surface area contributed by atoms with Crippen LogP contribution in [-0.4, -0.2) is 68.5 Å². The second-order valence-electron chi connectivity index (χ2n) is 7.21. The molecular weight excluding hydrogens is 305 g/mol. The van der Waals surface area contributed by atoms with E-state index in [2.05, 4.69) is 0 Å². The molecule has 1 heterocycles. The number of piperazine rings is 1. The number of hydrogen-bond acceptors (Lipinski definition) is 3. The normalized spacial score (nSPS) is 31.4. The summed E-state index contributed by atoms with van der Waals surface area (Å²) in [6.45, 7) is 2.18. The van der Waals surface area contributed by atoms with Gasteiger partial charge in [-0.25, -0.2) is 0 Å². The van der Waals surface area contributed by atoms with Crippen molar-refractivity contribution in [2.75, 3.05) is 40.3 Å². The smallest absolute Gasteiger partial charge is 0.381 e. The van der Waals surface area contributed by atoms with Crippen LogP contribution in [0, 0.1) is 5.92 Å². The first kappa shape index (κ1) is 19.0. The third-order valence-electron chi connectivity index (χ3n) is 5.57. The van der Waals surface area contributed by atoms with Gasteiger partial charge in [0.1, 0.15) is 6.04 Å². The van der Waals surface area contributed by atoms with Gasteiger partial charge >= 0.3 is 6.18 Å². The zero-order valence-electron chi connectivity index (χ0n) is 14.4. The second-order valence-corrected chi connectivity index (χ2v) is 7.21. The number of rotatable bonds is 6. The van der Waals surface area contributed by atoms with E-state index in [0.29, 0.717) is 12.6 Å². The van der Waals surface area contributed by atoms with Gasteiger partial charge in [0.05, 0.1) is 6.10 Å². The predicted molar refractivity (Wildman–Crippen MR) is 85.5 cm³/mol. The third kappa shape index (κ3) is 5.91. The summed E-state index contributed by atoms with van der Waals surface area (Å²) in [6, 6.07) is -1.31. The van der Waals surface area contributed by atoms with Gasteiger partial charge in [0, 0.05) is 26.7 Å². The van der Waals surface area contributed by atoms with Crippen LogP contribution < -0.4 is 0 Å². The standard InChI is InChI=1S/C17H31F3N2O/c1-21-11-12-22(13-16(21)17(18,19)20)10-4-3-5-14-6-8-15(23-2)9-7-14/h14-16H,3-13H2,1-2H3/t14?,15?,16-/m1/s1. The van der Waals surface area contributed by atoms with Crippen LogP contribution in [0.5, 0.6) is 0 Å². The van der Waals surface area contributed by atoms with Crippen LogP contribution in [-0.2, 0) is 4.74 Å². The van der Waals surface area contributed by atoms with Crippen molar-refractivity contribution in [2.24, 2.45) is 5.92 Å². The molecule has 6 heteroatoms. The summed E-state index contributed by atoms with van der Waals surface area (Å²) in [5, 5.41) is 0. The molecule has 1 saturated heterocycles. The molecule has 3 nitrogen and oxygen atoms in total. The van der Waals surface area contributed by atoms with Gasteiger partial charge in [-0.2, -0.15) is 13.2 Å². The van der Waals surface area contributed by atoms with Crippen LogP contribution in [0.3, 0.4) is 0 Å². The van der Waals surface area contributed by atoms with Crippen LogP contribution in [0.2, 0.25) is 0 Å². The number of likely N-dealkylation sites (N-methyl/N-ethyl adjacent to an activating group) is 1. The Hall–Kier alpha value is -0.330. The maximum Gasteiger partial charge on any atom is 0.405 e. The Bertz CT molecular complexity index is 343. The van der Waals surface area contributed by atoms with Crippen molar-refractivity contribution in [1.82, 2.24) is 9.80 Å². The lowest BCUT2D eigenvalue weighted by Crippen LogP contribution is -2.57. The van der Waals surface area contributed by atoms with E-state index in [1.807, 2.05) is 4.90 Å². The molecule has 0 aromatic carbocycles. The number of ether oxygens (including phenoxy) is 1. The van der Waals surface area contributed by atoms with Crippen molar-refractivity contribution in [3.05, 3.63) is 0 Å². The van der Waals surface area contributed by atoms with E-state index in [0.717, 1.165) is 44.7 Å². The minimum atomic E-state index is -4.12. The minimum absolute atomic E-state index is 0.124. The van der Waals surface area contributed by atoms with E-state index in [1.165, 1.54) is 24.2 Å². The summed E-state index contributed by atoms with van der Waals surface area (Å²) in [5.74, 6) is 0.789. The molecule has 23 heavy (non-hydrogen) atoms. The summed E-state index contributed by atoms with van der Waals surface area (Å²) < 4.78 is 44.3. The van der Waals surface area contributed by atoms with Crippen molar-refractivity contribution in [1.29, 1.82) is 0 Å². The average Bonchev–Trinajstić information content (AvgIpc) is 2.52. The molecule has 2 aliphatic rings. The van der Waals surface area contributed by atoms with Gasteiger partial charge in [-0.15, -0.1) is 0 Å². The molecule has 0 aromatic heterocycles. The van der Waals surface area contributed by atoms with Crippen LogP contribution in [0.25, 0.3) is 0 Å². The molecule has 0 N–H and O–H groups in total. The molecule has 2 fully saturated rings. The quantitative estimate of drug-likeness (QED) is 0.690. The fourth-order valence-corrected chi connectivity index (χ4v) is 3.91. The Morgan fingerprint density at radius 1 is 1.04 bits per heavy atom. The van der Waals surface area contributed by atoms with E-state index in [4.69, 9.17) is 4.74 Å². The lowest BCUT2D eigenvalue weighted by atomic mass is 9.84. The summed E-state index contributed by atoms with van der Waals surface area (Å²) in [6.07, 6.45) is 4.48. The van der Waals surface area contributed by atoms with E-state index in [1.54, 1.807) is 14.2 Å². The molecule has 1 atom stereocenters. The highest BCUT2D eigenvalue weighted by Crippen LogP contribution is 2.30. The number of halogens is 3. The van der Waals surface area contributed by atoms with E-state index < -0.39 is 12.2 Å². The number of alkyl halides is 3. The van der Waals surface area contributed by atoms with Crippen molar-refractivity contribution in [3.8, 4) is 0 Å². The van der Waals surface area contributed by atoms with Crippen LogP contribution in [0.4, 0.5) is 13.2 Å². The molecule has 0 spiro atoms. The monoisotopic (exact) mass is 336 g/mol. The highest BCUT2D eigenvalue weighted by molar-refractivity contribution is 4.85. The highest BCUT2D eigenvalue weighted by Gasteiger charge is 2.44. The topological polar surface area (TPSA) is 15.7 Å². The zero-order chi connectivity index (χ0) is 16.9. The molecule has 1 saturated carbocycles. The van der Waals surface area contributed by atoms with Gasteiger partial charge in [0.25, 0.3) is 0 Å². The maximum atomic E-state index is 13.0. The number of hydrogen-bond donors (Lipinski definition) is 0.